The van der Waals surface area contributed by atoms with E-state index in [0.29, 0.717) is 22.8 Å². The summed E-state index contributed by atoms with van der Waals surface area (Å²) in [5, 5.41) is 3.56. The molecule has 2 aromatic rings. The Bertz CT molecular complexity index is 493. The highest BCUT2D eigenvalue weighted by Gasteiger charge is 2.06. The average molecular weight is 233 g/mol. The van der Waals surface area contributed by atoms with E-state index in [-0.39, 0.29) is 6.61 Å². The maximum absolute atomic E-state index is 10.9. The molecule has 17 heavy (non-hydrogen) atoms. The van der Waals surface area contributed by atoms with Gasteiger partial charge in [0.05, 0.1) is 18.9 Å². The third kappa shape index (κ3) is 2.63. The SMILES string of the molecule is COc1ccc(OCc2ccno2)c(C=O)c1. The second kappa shape index (κ2) is 5.16. The summed E-state index contributed by atoms with van der Waals surface area (Å²) in [6, 6.07) is 6.72. The first-order chi connectivity index (χ1) is 8.33. The molecule has 5 heteroatoms. The summed E-state index contributed by atoms with van der Waals surface area (Å²) in [6.45, 7) is 0.229. The lowest BCUT2D eigenvalue weighted by molar-refractivity contribution is 0.111. The fourth-order valence-corrected chi connectivity index (χ4v) is 1.34. The highest BCUT2D eigenvalue weighted by atomic mass is 16.5. The normalized spacial score (nSPS) is 9.94. The molecule has 0 N–H and O–H groups in total. The van der Waals surface area contributed by atoms with Gasteiger partial charge in [-0.15, -0.1) is 0 Å². The van der Waals surface area contributed by atoms with E-state index in [0.717, 1.165) is 6.29 Å². The van der Waals surface area contributed by atoms with Gasteiger partial charge in [-0.3, -0.25) is 4.79 Å². The number of methoxy groups -OCH3 is 1. The predicted octanol–water partition coefficient (Wildman–Crippen LogP) is 2.07. The highest BCUT2D eigenvalue weighted by Crippen LogP contribution is 2.23. The van der Waals surface area contributed by atoms with E-state index in [1.807, 2.05) is 0 Å². The molecule has 2 rings (SSSR count). The molecule has 0 atom stereocenters. The molecule has 0 unspecified atom stereocenters. The molecule has 0 amide bonds. The summed E-state index contributed by atoms with van der Waals surface area (Å²) in [4.78, 5) is 10.9. The number of aromatic nitrogens is 1. The molecule has 0 aliphatic heterocycles. The van der Waals surface area contributed by atoms with Crippen LogP contribution in [0.3, 0.4) is 0 Å². The van der Waals surface area contributed by atoms with Gasteiger partial charge in [0.1, 0.15) is 18.1 Å². The number of hydrogen-bond acceptors (Lipinski definition) is 5. The van der Waals surface area contributed by atoms with Gasteiger partial charge in [-0.05, 0) is 18.2 Å². The van der Waals surface area contributed by atoms with Crippen LogP contribution < -0.4 is 9.47 Å². The van der Waals surface area contributed by atoms with Crippen molar-refractivity contribution < 1.29 is 18.8 Å². The molecule has 0 fully saturated rings. The van der Waals surface area contributed by atoms with Gasteiger partial charge in [-0.1, -0.05) is 5.16 Å². The van der Waals surface area contributed by atoms with E-state index in [1.165, 1.54) is 6.20 Å². The van der Waals surface area contributed by atoms with Crippen molar-refractivity contribution in [2.45, 2.75) is 6.61 Å². The van der Waals surface area contributed by atoms with Crippen LogP contribution in [0, 0.1) is 0 Å². The summed E-state index contributed by atoms with van der Waals surface area (Å²) in [6.07, 6.45) is 2.26. The zero-order chi connectivity index (χ0) is 12.1. The second-order valence-electron chi connectivity index (χ2n) is 3.29. The molecule has 0 aliphatic carbocycles. The molecule has 88 valence electrons. The third-order valence-corrected chi connectivity index (χ3v) is 2.21. The molecule has 0 spiro atoms. The van der Waals surface area contributed by atoms with Crippen LogP contribution in [0.15, 0.2) is 35.0 Å². The summed E-state index contributed by atoms with van der Waals surface area (Å²) in [5.74, 6) is 1.69. The molecule has 0 radical (unpaired) electrons. The molecule has 5 nitrogen and oxygen atoms in total. The van der Waals surface area contributed by atoms with Gasteiger partial charge in [-0.2, -0.15) is 0 Å². The fraction of sp³-hybridized carbons (Fsp3) is 0.167. The van der Waals surface area contributed by atoms with Crippen LogP contribution in [0.25, 0.3) is 0 Å². The lowest BCUT2D eigenvalue weighted by Gasteiger charge is -2.08. The first-order valence-corrected chi connectivity index (χ1v) is 4.99. The van der Waals surface area contributed by atoms with Gasteiger partial charge in [0.25, 0.3) is 0 Å². The predicted molar refractivity (Wildman–Crippen MR) is 59.2 cm³/mol. The van der Waals surface area contributed by atoms with Crippen LogP contribution in [0.4, 0.5) is 0 Å². The lowest BCUT2D eigenvalue weighted by Crippen LogP contribution is -1.97. The minimum Gasteiger partial charge on any atom is -0.497 e. The Labute approximate surface area is 97.9 Å². The number of carbonyl (C=O) groups is 1. The summed E-state index contributed by atoms with van der Waals surface area (Å²) in [7, 11) is 1.54. The minimum absolute atomic E-state index is 0.229. The lowest BCUT2D eigenvalue weighted by atomic mass is 10.2. The van der Waals surface area contributed by atoms with Gasteiger partial charge in [0.2, 0.25) is 0 Å². The molecule has 1 aromatic carbocycles. The molecule has 0 bridgehead atoms. The zero-order valence-corrected chi connectivity index (χ0v) is 9.25. The number of ether oxygens (including phenoxy) is 2. The van der Waals surface area contributed by atoms with E-state index in [9.17, 15) is 4.79 Å². The Morgan fingerprint density at radius 2 is 2.29 bits per heavy atom. The number of rotatable bonds is 5. The Balaban J connectivity index is 2.12. The molecule has 1 heterocycles. The van der Waals surface area contributed by atoms with Crippen LogP contribution in [0.1, 0.15) is 16.1 Å². The van der Waals surface area contributed by atoms with Crippen molar-refractivity contribution in [3.8, 4) is 11.5 Å². The molecule has 0 aliphatic rings. The standard InChI is InChI=1S/C12H11NO4/c1-15-10-2-3-12(9(6-10)7-14)16-8-11-4-5-13-17-11/h2-7H,8H2,1H3. The van der Waals surface area contributed by atoms with Crippen LogP contribution in [-0.2, 0) is 6.61 Å². The maximum atomic E-state index is 10.9. The number of aldehydes is 1. The van der Waals surface area contributed by atoms with Crippen molar-refractivity contribution in [3.05, 3.63) is 41.8 Å². The molecular weight excluding hydrogens is 222 g/mol. The number of carbonyl (C=O) groups excluding carboxylic acids is 1. The topological polar surface area (TPSA) is 61.6 Å². The van der Waals surface area contributed by atoms with Crippen molar-refractivity contribution in [3.63, 3.8) is 0 Å². The Hall–Kier alpha value is -2.30. The van der Waals surface area contributed by atoms with Crippen LogP contribution in [0.2, 0.25) is 0 Å². The first kappa shape index (κ1) is 11.2. The zero-order valence-electron chi connectivity index (χ0n) is 9.25. The number of hydrogen-bond donors (Lipinski definition) is 0. The molecular formula is C12H11NO4. The van der Waals surface area contributed by atoms with Gasteiger partial charge < -0.3 is 14.0 Å². The van der Waals surface area contributed by atoms with E-state index in [1.54, 1.807) is 31.4 Å². The van der Waals surface area contributed by atoms with Crippen LogP contribution in [-0.4, -0.2) is 18.6 Å². The van der Waals surface area contributed by atoms with E-state index >= 15 is 0 Å². The summed E-state index contributed by atoms with van der Waals surface area (Å²) >= 11 is 0. The maximum Gasteiger partial charge on any atom is 0.174 e. The van der Waals surface area contributed by atoms with Crippen molar-refractivity contribution in [2.24, 2.45) is 0 Å². The van der Waals surface area contributed by atoms with Gasteiger partial charge >= 0.3 is 0 Å². The molecule has 0 saturated heterocycles. The van der Waals surface area contributed by atoms with Crippen molar-refractivity contribution in [2.75, 3.05) is 7.11 Å². The van der Waals surface area contributed by atoms with Crippen LogP contribution >= 0.6 is 0 Å². The number of benzene rings is 1. The Kier molecular flexibility index (Phi) is 3.40. The van der Waals surface area contributed by atoms with Gasteiger partial charge in [-0.25, -0.2) is 0 Å². The van der Waals surface area contributed by atoms with E-state index in [2.05, 4.69) is 5.16 Å². The van der Waals surface area contributed by atoms with Crippen molar-refractivity contribution >= 4 is 6.29 Å². The molecule has 0 saturated carbocycles. The highest BCUT2D eigenvalue weighted by molar-refractivity contribution is 5.80. The monoisotopic (exact) mass is 233 g/mol. The van der Waals surface area contributed by atoms with Crippen molar-refractivity contribution in [1.82, 2.24) is 5.16 Å². The average Bonchev–Trinajstić information content (AvgIpc) is 2.89. The first-order valence-electron chi connectivity index (χ1n) is 4.99. The molecule has 1 aromatic heterocycles. The van der Waals surface area contributed by atoms with Crippen molar-refractivity contribution in [1.29, 1.82) is 0 Å². The second-order valence-corrected chi connectivity index (χ2v) is 3.29. The summed E-state index contributed by atoms with van der Waals surface area (Å²) < 4.78 is 15.4. The fourth-order valence-electron chi connectivity index (χ4n) is 1.34. The Morgan fingerprint density at radius 3 is 2.94 bits per heavy atom. The largest absolute Gasteiger partial charge is 0.497 e. The minimum atomic E-state index is 0.229. The number of nitrogens with zero attached hydrogens (tertiary/aromatic N) is 1. The smallest absolute Gasteiger partial charge is 0.174 e. The van der Waals surface area contributed by atoms with Gasteiger partial charge in [0.15, 0.2) is 12.0 Å². The summed E-state index contributed by atoms with van der Waals surface area (Å²) in [5.41, 5.74) is 0.434. The quantitative estimate of drug-likeness (QED) is 0.740. The van der Waals surface area contributed by atoms with Gasteiger partial charge in [0, 0.05) is 6.07 Å². The van der Waals surface area contributed by atoms with E-state index in [4.69, 9.17) is 14.0 Å². The van der Waals surface area contributed by atoms with E-state index < -0.39 is 0 Å². The van der Waals surface area contributed by atoms with Crippen LogP contribution in [0.5, 0.6) is 11.5 Å². The Morgan fingerprint density at radius 1 is 1.41 bits per heavy atom. The third-order valence-electron chi connectivity index (χ3n) is 2.21.